The highest BCUT2D eigenvalue weighted by atomic mass is 16.5. The molecular formula is C19H23N3O3. The molecule has 132 valence electrons. The number of pyridine rings is 1. The van der Waals surface area contributed by atoms with Crippen LogP contribution in [-0.2, 0) is 4.74 Å². The first-order valence-electron chi connectivity index (χ1n) is 8.51. The molecule has 1 saturated heterocycles. The number of carbonyl (C=O) groups excluding carboxylic acids is 1. The number of amides is 2. The second-order valence-electron chi connectivity index (χ2n) is 5.97. The molecule has 6 nitrogen and oxygen atoms in total. The second kappa shape index (κ2) is 7.98. The molecule has 2 heterocycles. The molecule has 0 aliphatic carbocycles. The van der Waals surface area contributed by atoms with E-state index in [1.165, 1.54) is 0 Å². The Kier molecular flexibility index (Phi) is 5.50. The number of urea groups is 1. The van der Waals surface area contributed by atoms with Crippen LogP contribution < -0.4 is 10.1 Å². The van der Waals surface area contributed by atoms with Gasteiger partial charge >= 0.3 is 6.03 Å². The van der Waals surface area contributed by atoms with Crippen molar-refractivity contribution in [3.63, 3.8) is 0 Å². The molecule has 0 spiro atoms. The molecule has 1 fully saturated rings. The summed E-state index contributed by atoms with van der Waals surface area (Å²) in [6.07, 6.45) is 1.48. The second-order valence-corrected chi connectivity index (χ2v) is 5.97. The van der Waals surface area contributed by atoms with Gasteiger partial charge in [0.1, 0.15) is 11.8 Å². The van der Waals surface area contributed by atoms with Gasteiger partial charge < -0.3 is 19.7 Å². The molecule has 0 saturated carbocycles. The van der Waals surface area contributed by atoms with E-state index in [1.54, 1.807) is 23.2 Å². The molecule has 0 unspecified atom stereocenters. The number of hydrogen-bond donors (Lipinski definition) is 1. The van der Waals surface area contributed by atoms with Gasteiger partial charge in [0.25, 0.3) is 0 Å². The number of carbonyl (C=O) groups is 1. The van der Waals surface area contributed by atoms with Gasteiger partial charge in [-0.2, -0.15) is 0 Å². The van der Waals surface area contributed by atoms with Crippen molar-refractivity contribution in [1.82, 2.24) is 9.88 Å². The smallest absolute Gasteiger partial charge is 0.322 e. The van der Waals surface area contributed by atoms with Crippen LogP contribution in [0.25, 0.3) is 0 Å². The number of aromatic nitrogens is 1. The summed E-state index contributed by atoms with van der Waals surface area (Å²) in [6.45, 7) is 5.40. The van der Waals surface area contributed by atoms with Gasteiger partial charge in [0.05, 0.1) is 19.3 Å². The minimum Gasteiger partial charge on any atom is -0.476 e. The van der Waals surface area contributed by atoms with Crippen LogP contribution in [0, 0.1) is 0 Å². The molecule has 1 aromatic heterocycles. The van der Waals surface area contributed by atoms with Gasteiger partial charge in [0, 0.05) is 12.7 Å². The summed E-state index contributed by atoms with van der Waals surface area (Å²) in [5.74, 6) is 0.430. The van der Waals surface area contributed by atoms with E-state index in [2.05, 4.69) is 10.3 Å². The predicted octanol–water partition coefficient (Wildman–Crippen LogP) is 3.47. The number of hydrogen-bond acceptors (Lipinski definition) is 4. The number of morpholine rings is 1. The fourth-order valence-corrected chi connectivity index (χ4v) is 2.90. The number of nitrogens with zero attached hydrogens (tertiary/aromatic N) is 2. The molecule has 6 heteroatoms. The minimum atomic E-state index is -0.176. The van der Waals surface area contributed by atoms with E-state index in [9.17, 15) is 4.79 Å². The van der Waals surface area contributed by atoms with E-state index in [1.807, 2.05) is 44.2 Å². The van der Waals surface area contributed by atoms with Gasteiger partial charge in [-0.05, 0) is 31.5 Å². The fraction of sp³-hybridized carbons (Fsp3) is 0.368. The van der Waals surface area contributed by atoms with Crippen LogP contribution in [0.5, 0.6) is 5.88 Å². The van der Waals surface area contributed by atoms with Crippen LogP contribution >= 0.6 is 0 Å². The molecule has 25 heavy (non-hydrogen) atoms. The summed E-state index contributed by atoms with van der Waals surface area (Å²) < 4.78 is 11.5. The van der Waals surface area contributed by atoms with Crippen LogP contribution in [0.2, 0.25) is 0 Å². The molecule has 2 amide bonds. The fourth-order valence-electron chi connectivity index (χ4n) is 2.90. The lowest BCUT2D eigenvalue weighted by molar-refractivity contribution is -0.0642. The van der Waals surface area contributed by atoms with Crippen molar-refractivity contribution in [2.75, 3.05) is 25.0 Å². The maximum atomic E-state index is 12.7. The lowest BCUT2D eigenvalue weighted by Gasteiger charge is -2.37. The SMILES string of the molecule is CCOc1ncccc1NC(=O)N1C[C@@H](c2ccccc2)O[C@@H](C)C1. The minimum absolute atomic E-state index is 0.0371. The topological polar surface area (TPSA) is 63.7 Å². The number of ether oxygens (including phenoxy) is 2. The molecule has 0 radical (unpaired) electrons. The van der Waals surface area contributed by atoms with E-state index < -0.39 is 0 Å². The highest BCUT2D eigenvalue weighted by molar-refractivity contribution is 5.90. The lowest BCUT2D eigenvalue weighted by Crippen LogP contribution is -2.47. The average Bonchev–Trinajstić information content (AvgIpc) is 2.64. The number of benzene rings is 1. The van der Waals surface area contributed by atoms with E-state index in [-0.39, 0.29) is 18.2 Å². The maximum Gasteiger partial charge on any atom is 0.322 e. The van der Waals surface area contributed by atoms with E-state index >= 15 is 0 Å². The van der Waals surface area contributed by atoms with E-state index in [4.69, 9.17) is 9.47 Å². The van der Waals surface area contributed by atoms with Crippen molar-refractivity contribution in [2.45, 2.75) is 26.1 Å². The van der Waals surface area contributed by atoms with Crippen LogP contribution in [-0.4, -0.2) is 41.7 Å². The quantitative estimate of drug-likeness (QED) is 0.925. The largest absolute Gasteiger partial charge is 0.476 e. The zero-order valence-corrected chi connectivity index (χ0v) is 14.5. The lowest BCUT2D eigenvalue weighted by atomic mass is 10.1. The Labute approximate surface area is 147 Å². The first kappa shape index (κ1) is 17.2. The van der Waals surface area contributed by atoms with Gasteiger partial charge in [0.15, 0.2) is 0 Å². The molecule has 3 rings (SSSR count). The van der Waals surface area contributed by atoms with Gasteiger partial charge in [-0.15, -0.1) is 0 Å². The van der Waals surface area contributed by atoms with E-state index in [0.717, 1.165) is 5.56 Å². The van der Waals surface area contributed by atoms with Crippen molar-refractivity contribution < 1.29 is 14.3 Å². The normalized spacial score (nSPS) is 20.2. The number of anilines is 1. The molecule has 2 aromatic rings. The summed E-state index contributed by atoms with van der Waals surface area (Å²) in [6, 6.07) is 13.4. The Morgan fingerprint density at radius 1 is 1.28 bits per heavy atom. The van der Waals surface area contributed by atoms with Crippen LogP contribution in [0.4, 0.5) is 10.5 Å². The zero-order chi connectivity index (χ0) is 17.6. The number of rotatable bonds is 4. The molecule has 2 atom stereocenters. The third-order valence-electron chi connectivity index (χ3n) is 4.01. The van der Waals surface area contributed by atoms with Crippen molar-refractivity contribution >= 4 is 11.7 Å². The summed E-state index contributed by atoms with van der Waals surface area (Å²) in [5.41, 5.74) is 1.65. The van der Waals surface area contributed by atoms with Gasteiger partial charge in [-0.25, -0.2) is 9.78 Å². The molecule has 1 aromatic carbocycles. The van der Waals surface area contributed by atoms with E-state index in [0.29, 0.717) is 31.3 Å². The first-order valence-corrected chi connectivity index (χ1v) is 8.51. The Morgan fingerprint density at radius 2 is 2.08 bits per heavy atom. The van der Waals surface area contributed by atoms with Crippen LogP contribution in [0.1, 0.15) is 25.5 Å². The first-order chi connectivity index (χ1) is 12.2. The summed E-state index contributed by atoms with van der Waals surface area (Å²) >= 11 is 0. The number of nitrogens with one attached hydrogen (secondary N) is 1. The Hall–Kier alpha value is -2.60. The Balaban J connectivity index is 1.71. The van der Waals surface area contributed by atoms with Gasteiger partial charge in [-0.1, -0.05) is 30.3 Å². The van der Waals surface area contributed by atoms with Gasteiger partial charge in [0.2, 0.25) is 5.88 Å². The van der Waals surface area contributed by atoms with Gasteiger partial charge in [-0.3, -0.25) is 0 Å². The average molecular weight is 341 g/mol. The van der Waals surface area contributed by atoms with Crippen LogP contribution in [0.3, 0.4) is 0 Å². The monoisotopic (exact) mass is 341 g/mol. The maximum absolute atomic E-state index is 12.7. The van der Waals surface area contributed by atoms with Crippen molar-refractivity contribution in [1.29, 1.82) is 0 Å². The Morgan fingerprint density at radius 3 is 2.84 bits per heavy atom. The summed E-state index contributed by atoms with van der Waals surface area (Å²) in [4.78, 5) is 18.7. The highest BCUT2D eigenvalue weighted by Gasteiger charge is 2.29. The van der Waals surface area contributed by atoms with Crippen molar-refractivity contribution in [3.05, 3.63) is 54.2 Å². The third kappa shape index (κ3) is 4.28. The highest BCUT2D eigenvalue weighted by Crippen LogP contribution is 2.26. The van der Waals surface area contributed by atoms with Crippen molar-refractivity contribution in [2.24, 2.45) is 0 Å². The standard InChI is InChI=1S/C19H23N3O3/c1-3-24-18-16(10-7-11-20-18)21-19(23)22-12-14(2)25-17(13-22)15-8-5-4-6-9-15/h4-11,14,17H,3,12-13H2,1-2H3,(H,21,23)/t14-,17-/m0/s1. The molecule has 1 aliphatic heterocycles. The third-order valence-corrected chi connectivity index (χ3v) is 4.01. The molecular weight excluding hydrogens is 318 g/mol. The molecule has 1 aliphatic rings. The van der Waals surface area contributed by atoms with Crippen molar-refractivity contribution in [3.8, 4) is 5.88 Å². The molecule has 1 N–H and O–H groups in total. The Bertz CT molecular complexity index is 708. The summed E-state index contributed by atoms with van der Waals surface area (Å²) in [5, 5.41) is 2.90. The predicted molar refractivity (Wildman–Crippen MR) is 95.7 cm³/mol. The zero-order valence-electron chi connectivity index (χ0n) is 14.5. The molecule has 0 bridgehead atoms. The summed E-state index contributed by atoms with van der Waals surface area (Å²) in [7, 11) is 0. The van der Waals surface area contributed by atoms with Crippen LogP contribution in [0.15, 0.2) is 48.7 Å².